The van der Waals surface area contributed by atoms with E-state index in [0.29, 0.717) is 47.6 Å². The highest BCUT2D eigenvalue weighted by Crippen LogP contribution is 2.31. The summed E-state index contributed by atoms with van der Waals surface area (Å²) in [6.07, 6.45) is 1.56. The summed E-state index contributed by atoms with van der Waals surface area (Å²) in [6, 6.07) is 10.9. The van der Waals surface area contributed by atoms with E-state index in [-0.39, 0.29) is 17.3 Å². The number of ether oxygens (including phenoxy) is 1. The number of amides is 1. The molecule has 0 radical (unpaired) electrons. The fourth-order valence-corrected chi connectivity index (χ4v) is 5.55. The normalized spacial score (nSPS) is 14.7. The second kappa shape index (κ2) is 8.91. The number of nitrogens with zero attached hydrogens (tertiary/aromatic N) is 3. The first-order valence-corrected chi connectivity index (χ1v) is 12.2. The van der Waals surface area contributed by atoms with E-state index >= 15 is 0 Å². The van der Waals surface area contributed by atoms with Crippen molar-refractivity contribution in [3.8, 4) is 10.7 Å². The van der Waals surface area contributed by atoms with Gasteiger partial charge in [0.1, 0.15) is 14.8 Å². The summed E-state index contributed by atoms with van der Waals surface area (Å²) in [5, 5.41) is 0.612. The second-order valence-corrected chi connectivity index (χ2v) is 10.1. The van der Waals surface area contributed by atoms with Crippen LogP contribution in [0.2, 0.25) is 0 Å². The first-order valence-electron chi connectivity index (χ1n) is 9.90. The molecule has 1 N–H and O–H groups in total. The molecule has 164 valence electrons. The van der Waals surface area contributed by atoms with Crippen molar-refractivity contribution >= 4 is 27.3 Å². The minimum Gasteiger partial charge on any atom is -0.378 e. The molecule has 8 nitrogen and oxygen atoms in total. The van der Waals surface area contributed by atoms with Crippen LogP contribution in [0.3, 0.4) is 0 Å². The lowest BCUT2D eigenvalue weighted by molar-refractivity contribution is 0.0305. The molecule has 0 atom stereocenters. The molecule has 2 aromatic heterocycles. The third-order valence-corrected chi connectivity index (χ3v) is 7.64. The fourth-order valence-electron chi connectivity index (χ4n) is 3.37. The first-order chi connectivity index (χ1) is 14.8. The van der Waals surface area contributed by atoms with Gasteiger partial charge in [-0.1, -0.05) is 30.3 Å². The smallest absolute Gasteiger partial charge is 0.266 e. The van der Waals surface area contributed by atoms with Crippen LogP contribution >= 0.6 is 11.3 Å². The minimum absolute atomic E-state index is 0.0591. The van der Waals surface area contributed by atoms with Crippen LogP contribution in [-0.2, 0) is 28.4 Å². The summed E-state index contributed by atoms with van der Waals surface area (Å²) < 4.78 is 35.2. The summed E-state index contributed by atoms with van der Waals surface area (Å²) in [7, 11) is -1.92. The third-order valence-electron chi connectivity index (χ3n) is 5.11. The van der Waals surface area contributed by atoms with Crippen molar-refractivity contribution in [2.45, 2.75) is 18.4 Å². The molecule has 31 heavy (non-hydrogen) atoms. The largest absolute Gasteiger partial charge is 0.378 e. The molecular weight excluding hydrogens is 436 g/mol. The van der Waals surface area contributed by atoms with Gasteiger partial charge in [-0.3, -0.25) is 4.79 Å². The average Bonchev–Trinajstić information content (AvgIpc) is 3.36. The number of aromatic nitrogens is 2. The Labute approximate surface area is 185 Å². The number of aryl methyl sites for hydroxylation is 2. The molecule has 3 heterocycles. The summed E-state index contributed by atoms with van der Waals surface area (Å²) in [5.74, 6) is -0.0591. The Morgan fingerprint density at radius 3 is 2.65 bits per heavy atom. The van der Waals surface area contributed by atoms with E-state index in [1.54, 1.807) is 35.7 Å². The molecule has 0 bridgehead atoms. The molecule has 0 aliphatic carbocycles. The number of hydrogen-bond donors (Lipinski definition) is 1. The lowest BCUT2D eigenvalue weighted by Crippen LogP contribution is -2.40. The van der Waals surface area contributed by atoms with E-state index in [0.717, 1.165) is 5.56 Å². The van der Waals surface area contributed by atoms with E-state index in [4.69, 9.17) is 4.74 Å². The zero-order valence-corrected chi connectivity index (χ0v) is 19.0. The van der Waals surface area contributed by atoms with Crippen LogP contribution in [0.1, 0.15) is 20.9 Å². The number of carbonyl (C=O) groups is 1. The predicted molar refractivity (Wildman–Crippen MR) is 118 cm³/mol. The molecule has 1 aromatic carbocycles. The van der Waals surface area contributed by atoms with Gasteiger partial charge in [0.05, 0.1) is 24.6 Å². The lowest BCUT2D eigenvalue weighted by atomic mass is 10.2. The molecule has 3 aromatic rings. The zero-order valence-electron chi connectivity index (χ0n) is 17.4. The molecule has 1 amide bonds. The van der Waals surface area contributed by atoms with Crippen molar-refractivity contribution in [1.82, 2.24) is 19.2 Å². The predicted octanol–water partition coefficient (Wildman–Crippen LogP) is 2.41. The van der Waals surface area contributed by atoms with Crippen molar-refractivity contribution in [2.24, 2.45) is 7.05 Å². The van der Waals surface area contributed by atoms with Gasteiger partial charge in [0.2, 0.25) is 10.0 Å². The van der Waals surface area contributed by atoms with Crippen LogP contribution < -0.4 is 4.72 Å². The molecule has 1 fully saturated rings. The zero-order chi connectivity index (χ0) is 22.0. The quantitative estimate of drug-likeness (QED) is 0.610. The van der Waals surface area contributed by atoms with Gasteiger partial charge in [-0.2, -0.15) is 0 Å². The fraction of sp³-hybridized carbons (Fsp3) is 0.333. The molecular formula is C21H24N4O4S2. The number of carbonyl (C=O) groups excluding carboxylic acids is 1. The molecule has 1 saturated heterocycles. The standard InChI is InChI=1S/C21H24N4O4S2/c1-15-19(21(26)25-8-10-29-11-9-25)30-20(23-15)18-12-17(14-24(18)2)31(27,28)22-13-16-6-4-3-5-7-16/h3-7,12,14,22H,8-11,13H2,1-2H3. The maximum absolute atomic E-state index is 12.9. The van der Waals surface area contributed by atoms with Crippen molar-refractivity contribution in [1.29, 1.82) is 0 Å². The lowest BCUT2D eigenvalue weighted by Gasteiger charge is -2.26. The number of hydrogen-bond acceptors (Lipinski definition) is 6. The Balaban J connectivity index is 1.55. The van der Waals surface area contributed by atoms with Crippen LogP contribution in [0.4, 0.5) is 0 Å². The van der Waals surface area contributed by atoms with Crippen LogP contribution in [0.15, 0.2) is 47.5 Å². The molecule has 4 rings (SSSR count). The number of benzene rings is 1. The van der Waals surface area contributed by atoms with Gasteiger partial charge in [-0.15, -0.1) is 11.3 Å². The van der Waals surface area contributed by atoms with Gasteiger partial charge in [0.25, 0.3) is 5.91 Å². The highest BCUT2D eigenvalue weighted by Gasteiger charge is 2.25. The molecule has 0 unspecified atom stereocenters. The highest BCUT2D eigenvalue weighted by molar-refractivity contribution is 7.89. The van der Waals surface area contributed by atoms with Crippen LogP contribution in [0, 0.1) is 6.92 Å². The van der Waals surface area contributed by atoms with Crippen LogP contribution in [0.25, 0.3) is 10.7 Å². The number of thiazole rings is 1. The number of nitrogens with one attached hydrogen (secondary N) is 1. The Kier molecular flexibility index (Phi) is 6.24. The minimum atomic E-state index is -3.69. The Morgan fingerprint density at radius 2 is 1.94 bits per heavy atom. The SMILES string of the molecule is Cc1nc(-c2cc(S(=O)(=O)NCc3ccccc3)cn2C)sc1C(=O)N1CCOCC1. The van der Waals surface area contributed by atoms with Crippen molar-refractivity contribution < 1.29 is 17.9 Å². The molecule has 1 aliphatic rings. The number of sulfonamides is 1. The molecule has 10 heteroatoms. The third kappa shape index (κ3) is 4.72. The average molecular weight is 461 g/mol. The Bertz CT molecular complexity index is 1180. The Hall–Kier alpha value is -2.53. The van der Waals surface area contributed by atoms with E-state index in [2.05, 4.69) is 9.71 Å². The first kappa shape index (κ1) is 21.7. The van der Waals surface area contributed by atoms with Crippen molar-refractivity contribution in [2.75, 3.05) is 26.3 Å². The van der Waals surface area contributed by atoms with E-state index < -0.39 is 10.0 Å². The summed E-state index contributed by atoms with van der Waals surface area (Å²) in [4.78, 5) is 19.9. The molecule has 1 aliphatic heterocycles. The van der Waals surface area contributed by atoms with Crippen molar-refractivity contribution in [3.05, 3.63) is 58.7 Å². The summed E-state index contributed by atoms with van der Waals surface area (Å²) >= 11 is 1.28. The van der Waals surface area contributed by atoms with Gasteiger partial charge in [-0.25, -0.2) is 18.1 Å². The van der Waals surface area contributed by atoms with E-state index in [9.17, 15) is 13.2 Å². The summed E-state index contributed by atoms with van der Waals surface area (Å²) in [6.45, 7) is 4.20. The Morgan fingerprint density at radius 1 is 1.23 bits per heavy atom. The molecule has 0 saturated carbocycles. The van der Waals surface area contributed by atoms with Gasteiger partial charge in [0.15, 0.2) is 0 Å². The van der Waals surface area contributed by atoms with Crippen LogP contribution in [-0.4, -0.2) is 55.1 Å². The second-order valence-electron chi connectivity index (χ2n) is 7.32. The van der Waals surface area contributed by atoms with Crippen LogP contribution in [0.5, 0.6) is 0 Å². The summed E-state index contributed by atoms with van der Waals surface area (Å²) in [5.41, 5.74) is 2.17. The number of morpholine rings is 1. The maximum Gasteiger partial charge on any atom is 0.266 e. The van der Waals surface area contributed by atoms with Gasteiger partial charge >= 0.3 is 0 Å². The van der Waals surface area contributed by atoms with E-state index in [1.165, 1.54) is 11.3 Å². The monoisotopic (exact) mass is 460 g/mol. The van der Waals surface area contributed by atoms with Gasteiger partial charge < -0.3 is 14.2 Å². The maximum atomic E-state index is 12.9. The van der Waals surface area contributed by atoms with Gasteiger partial charge in [0, 0.05) is 32.9 Å². The van der Waals surface area contributed by atoms with Gasteiger partial charge in [-0.05, 0) is 18.6 Å². The van der Waals surface area contributed by atoms with Crippen molar-refractivity contribution in [3.63, 3.8) is 0 Å². The topological polar surface area (TPSA) is 93.5 Å². The van der Waals surface area contributed by atoms with E-state index in [1.807, 2.05) is 30.3 Å². The number of rotatable bonds is 6. The molecule has 0 spiro atoms. The highest BCUT2D eigenvalue weighted by atomic mass is 32.2.